The molecule has 120 valence electrons. The van der Waals surface area contributed by atoms with Crippen molar-refractivity contribution in [1.29, 1.82) is 0 Å². The van der Waals surface area contributed by atoms with Crippen LogP contribution in [0.15, 0.2) is 24.3 Å². The largest absolute Gasteiger partial charge is 0.481 e. The lowest BCUT2D eigenvalue weighted by atomic mass is 9.94. The Morgan fingerprint density at radius 1 is 1.32 bits per heavy atom. The van der Waals surface area contributed by atoms with E-state index in [1.165, 1.54) is 5.56 Å². The van der Waals surface area contributed by atoms with Crippen LogP contribution in [0.1, 0.15) is 49.0 Å². The van der Waals surface area contributed by atoms with E-state index in [0.717, 1.165) is 25.8 Å². The Morgan fingerprint density at radius 3 is 2.59 bits per heavy atom. The van der Waals surface area contributed by atoms with Gasteiger partial charge in [0.25, 0.3) is 0 Å². The Balaban J connectivity index is 2.03. The van der Waals surface area contributed by atoms with Gasteiger partial charge in [-0.3, -0.25) is 14.5 Å². The van der Waals surface area contributed by atoms with Gasteiger partial charge in [0, 0.05) is 12.1 Å². The van der Waals surface area contributed by atoms with Crippen molar-refractivity contribution in [3.8, 4) is 0 Å². The van der Waals surface area contributed by atoms with Crippen molar-refractivity contribution in [2.24, 2.45) is 5.92 Å². The molecule has 1 heterocycles. The van der Waals surface area contributed by atoms with E-state index in [1.807, 2.05) is 36.1 Å². The number of aryl methyl sites for hydroxylation is 1. The van der Waals surface area contributed by atoms with Crippen LogP contribution in [-0.2, 0) is 11.2 Å². The van der Waals surface area contributed by atoms with Crippen LogP contribution in [0.5, 0.6) is 0 Å². The van der Waals surface area contributed by atoms with E-state index in [9.17, 15) is 9.59 Å². The zero-order chi connectivity index (χ0) is 16.1. The lowest BCUT2D eigenvalue weighted by Crippen LogP contribution is -2.46. The molecule has 0 bridgehead atoms. The molecule has 22 heavy (non-hydrogen) atoms. The van der Waals surface area contributed by atoms with Gasteiger partial charge in [-0.2, -0.15) is 0 Å². The number of nitrogens with zero attached hydrogens (tertiary/aromatic N) is 1. The van der Waals surface area contributed by atoms with E-state index < -0.39 is 5.97 Å². The second-order valence-corrected chi connectivity index (χ2v) is 6.16. The SMILES string of the molecule is CCCc1ccc(C(=O)C(C)N2CCCC(C(=O)O)C2)cc1. The summed E-state index contributed by atoms with van der Waals surface area (Å²) in [6.07, 6.45) is 3.66. The molecule has 1 aliphatic heterocycles. The Hall–Kier alpha value is -1.68. The Bertz CT molecular complexity index is 524. The number of likely N-dealkylation sites (tertiary alicyclic amines) is 1. The third kappa shape index (κ3) is 3.95. The summed E-state index contributed by atoms with van der Waals surface area (Å²) in [7, 11) is 0. The van der Waals surface area contributed by atoms with E-state index in [-0.39, 0.29) is 17.7 Å². The molecule has 4 heteroatoms. The van der Waals surface area contributed by atoms with Gasteiger partial charge in [-0.15, -0.1) is 0 Å². The smallest absolute Gasteiger partial charge is 0.307 e. The summed E-state index contributed by atoms with van der Waals surface area (Å²) in [6, 6.07) is 7.55. The molecule has 1 saturated heterocycles. The predicted octanol–water partition coefficient (Wildman–Crippen LogP) is 3.01. The maximum atomic E-state index is 12.6. The molecule has 1 aliphatic rings. The summed E-state index contributed by atoms with van der Waals surface area (Å²) < 4.78 is 0. The molecule has 1 aromatic rings. The third-order valence-corrected chi connectivity index (χ3v) is 4.51. The first kappa shape index (κ1) is 16.7. The molecule has 2 unspecified atom stereocenters. The van der Waals surface area contributed by atoms with Crippen molar-refractivity contribution in [2.45, 2.75) is 45.6 Å². The fraction of sp³-hybridized carbons (Fsp3) is 0.556. The number of carboxylic acid groups (broad SMARTS) is 1. The maximum Gasteiger partial charge on any atom is 0.307 e. The number of ketones is 1. The highest BCUT2D eigenvalue weighted by molar-refractivity contribution is 5.99. The highest BCUT2D eigenvalue weighted by Gasteiger charge is 2.30. The minimum Gasteiger partial charge on any atom is -0.481 e. The van der Waals surface area contributed by atoms with Crippen LogP contribution < -0.4 is 0 Å². The van der Waals surface area contributed by atoms with E-state index in [4.69, 9.17) is 5.11 Å². The zero-order valence-electron chi connectivity index (χ0n) is 13.4. The number of hydrogen-bond acceptors (Lipinski definition) is 3. The average Bonchev–Trinajstić information content (AvgIpc) is 2.54. The Labute approximate surface area is 132 Å². The van der Waals surface area contributed by atoms with Crippen LogP contribution >= 0.6 is 0 Å². The molecular formula is C18H25NO3. The fourth-order valence-corrected chi connectivity index (χ4v) is 3.09. The first-order chi connectivity index (χ1) is 10.5. The number of benzene rings is 1. The van der Waals surface area contributed by atoms with Crippen LogP contribution in [0.4, 0.5) is 0 Å². The number of carbonyl (C=O) groups is 2. The predicted molar refractivity (Wildman–Crippen MR) is 86.2 cm³/mol. The molecular weight excluding hydrogens is 278 g/mol. The van der Waals surface area contributed by atoms with Gasteiger partial charge in [0.15, 0.2) is 5.78 Å². The highest BCUT2D eigenvalue weighted by atomic mass is 16.4. The first-order valence-corrected chi connectivity index (χ1v) is 8.13. The first-order valence-electron chi connectivity index (χ1n) is 8.13. The molecule has 0 aromatic heterocycles. The summed E-state index contributed by atoms with van der Waals surface area (Å²) in [5.41, 5.74) is 1.96. The molecule has 4 nitrogen and oxygen atoms in total. The van der Waals surface area contributed by atoms with Gasteiger partial charge in [-0.05, 0) is 38.3 Å². The number of carboxylic acids is 1. The normalized spacial score (nSPS) is 20.5. The quantitative estimate of drug-likeness (QED) is 0.821. The summed E-state index contributed by atoms with van der Waals surface area (Å²) in [6.45, 7) is 5.28. The lowest BCUT2D eigenvalue weighted by molar-refractivity contribution is -0.143. The van der Waals surface area contributed by atoms with E-state index >= 15 is 0 Å². The van der Waals surface area contributed by atoms with Crippen molar-refractivity contribution in [3.05, 3.63) is 35.4 Å². The second-order valence-electron chi connectivity index (χ2n) is 6.16. The van der Waals surface area contributed by atoms with Gasteiger partial charge in [-0.1, -0.05) is 37.6 Å². The van der Waals surface area contributed by atoms with Crippen molar-refractivity contribution in [2.75, 3.05) is 13.1 Å². The molecule has 1 aromatic carbocycles. The van der Waals surface area contributed by atoms with Gasteiger partial charge in [-0.25, -0.2) is 0 Å². The molecule has 1 fully saturated rings. The summed E-state index contributed by atoms with van der Waals surface area (Å²) in [4.78, 5) is 25.8. The third-order valence-electron chi connectivity index (χ3n) is 4.51. The van der Waals surface area contributed by atoms with Gasteiger partial charge in [0.05, 0.1) is 12.0 Å². The molecule has 2 atom stereocenters. The van der Waals surface area contributed by atoms with E-state index in [1.54, 1.807) is 0 Å². The maximum absolute atomic E-state index is 12.6. The number of carbonyl (C=O) groups excluding carboxylic acids is 1. The number of hydrogen-bond donors (Lipinski definition) is 1. The fourth-order valence-electron chi connectivity index (χ4n) is 3.09. The molecule has 1 N–H and O–H groups in total. The number of rotatable bonds is 6. The molecule has 2 rings (SSSR count). The molecule has 0 spiro atoms. The Morgan fingerprint density at radius 2 is 2.00 bits per heavy atom. The van der Waals surface area contributed by atoms with Crippen LogP contribution in [0, 0.1) is 5.92 Å². The van der Waals surface area contributed by atoms with Gasteiger partial charge in [0.1, 0.15) is 0 Å². The average molecular weight is 303 g/mol. The van der Waals surface area contributed by atoms with E-state index in [2.05, 4.69) is 6.92 Å². The topological polar surface area (TPSA) is 57.6 Å². The summed E-state index contributed by atoms with van der Waals surface area (Å²) in [5, 5.41) is 9.16. The van der Waals surface area contributed by atoms with Crippen molar-refractivity contribution in [1.82, 2.24) is 4.90 Å². The van der Waals surface area contributed by atoms with Gasteiger partial charge >= 0.3 is 5.97 Å². The van der Waals surface area contributed by atoms with Crippen LogP contribution in [0.3, 0.4) is 0 Å². The highest BCUT2D eigenvalue weighted by Crippen LogP contribution is 2.20. The summed E-state index contributed by atoms with van der Waals surface area (Å²) in [5.74, 6) is -1.03. The molecule has 0 saturated carbocycles. The van der Waals surface area contributed by atoms with Crippen molar-refractivity contribution in [3.63, 3.8) is 0 Å². The monoisotopic (exact) mass is 303 g/mol. The molecule has 0 aliphatic carbocycles. The lowest BCUT2D eigenvalue weighted by Gasteiger charge is -2.34. The molecule has 0 radical (unpaired) electrons. The van der Waals surface area contributed by atoms with Crippen molar-refractivity contribution >= 4 is 11.8 Å². The Kier molecular flexibility index (Phi) is 5.72. The molecule has 0 amide bonds. The minimum absolute atomic E-state index is 0.0779. The van der Waals surface area contributed by atoms with Gasteiger partial charge in [0.2, 0.25) is 0 Å². The number of Topliss-reactive ketones (excluding diaryl/α,β-unsaturated/α-hetero) is 1. The number of piperidine rings is 1. The van der Waals surface area contributed by atoms with Crippen molar-refractivity contribution < 1.29 is 14.7 Å². The van der Waals surface area contributed by atoms with Crippen LogP contribution in [0.25, 0.3) is 0 Å². The van der Waals surface area contributed by atoms with Crippen LogP contribution in [0.2, 0.25) is 0 Å². The zero-order valence-corrected chi connectivity index (χ0v) is 13.4. The summed E-state index contributed by atoms with van der Waals surface area (Å²) >= 11 is 0. The second kappa shape index (κ2) is 7.54. The van der Waals surface area contributed by atoms with E-state index in [0.29, 0.717) is 18.5 Å². The minimum atomic E-state index is -0.756. The number of aliphatic carboxylic acids is 1. The van der Waals surface area contributed by atoms with Crippen LogP contribution in [-0.4, -0.2) is 40.9 Å². The van der Waals surface area contributed by atoms with Gasteiger partial charge < -0.3 is 5.11 Å². The standard InChI is InChI=1S/C18H25NO3/c1-3-5-14-7-9-15(10-8-14)17(20)13(2)19-11-4-6-16(12-19)18(21)22/h7-10,13,16H,3-6,11-12H2,1-2H3,(H,21,22).